The number of hydrogen-bond acceptors (Lipinski definition) is 4. The highest BCUT2D eigenvalue weighted by atomic mass is 32.1. The maximum Gasteiger partial charge on any atom is 0.0629 e. The third-order valence-electron chi connectivity index (χ3n) is 5.40. The molecule has 6 rings (SSSR count). The van der Waals surface area contributed by atoms with Crippen molar-refractivity contribution >= 4 is 76.5 Å². The Bertz CT molecular complexity index is 1480. The number of pyridine rings is 2. The van der Waals surface area contributed by atoms with E-state index in [9.17, 15) is 0 Å². The first kappa shape index (κ1) is 19.1. The van der Waals surface area contributed by atoms with Crippen molar-refractivity contribution < 1.29 is 0 Å². The van der Waals surface area contributed by atoms with Crippen LogP contribution >= 0.6 is 22.7 Å². The van der Waals surface area contributed by atoms with E-state index in [0.29, 0.717) is 0 Å². The van der Waals surface area contributed by atoms with Crippen LogP contribution in [0.5, 0.6) is 0 Å². The fourth-order valence-corrected chi connectivity index (χ4v) is 6.56. The van der Waals surface area contributed by atoms with Gasteiger partial charge in [-0.05, 0) is 59.7 Å². The highest BCUT2D eigenvalue weighted by molar-refractivity contribution is 7.36. The summed E-state index contributed by atoms with van der Waals surface area (Å²) in [6.07, 6.45) is 12.0. The van der Waals surface area contributed by atoms with Gasteiger partial charge in [0.2, 0.25) is 0 Å². The summed E-state index contributed by atoms with van der Waals surface area (Å²) in [7, 11) is 0. The molecule has 2 aromatic carbocycles. The SMILES string of the molecule is C(=C\c1ccccn1)/c1ccc2c(c1)sc1c3ccc(/C=C/c4ccccn4)cc3sc21. The van der Waals surface area contributed by atoms with Crippen molar-refractivity contribution in [3.8, 4) is 0 Å². The summed E-state index contributed by atoms with van der Waals surface area (Å²) in [5.74, 6) is 0. The number of thiophene rings is 2. The van der Waals surface area contributed by atoms with Crippen LogP contribution in [0, 0.1) is 0 Å². The molecule has 0 fully saturated rings. The van der Waals surface area contributed by atoms with Crippen molar-refractivity contribution in [3.05, 3.63) is 108 Å². The second kappa shape index (κ2) is 8.15. The van der Waals surface area contributed by atoms with Gasteiger partial charge in [-0.15, -0.1) is 22.7 Å². The van der Waals surface area contributed by atoms with E-state index in [0.717, 1.165) is 11.4 Å². The molecule has 0 radical (unpaired) electrons. The van der Waals surface area contributed by atoms with Crippen molar-refractivity contribution in [2.75, 3.05) is 0 Å². The van der Waals surface area contributed by atoms with Gasteiger partial charge in [-0.3, -0.25) is 9.97 Å². The zero-order chi connectivity index (χ0) is 21.3. The van der Waals surface area contributed by atoms with Crippen molar-refractivity contribution in [2.45, 2.75) is 0 Å². The molecule has 0 unspecified atom stereocenters. The van der Waals surface area contributed by atoms with Gasteiger partial charge in [-0.2, -0.15) is 0 Å². The minimum absolute atomic E-state index is 0.971. The van der Waals surface area contributed by atoms with Crippen LogP contribution in [0.3, 0.4) is 0 Å². The first-order chi connectivity index (χ1) is 15.8. The summed E-state index contributed by atoms with van der Waals surface area (Å²) in [6, 6.07) is 25.4. The normalized spacial score (nSPS) is 12.1. The molecule has 0 bridgehead atoms. The van der Waals surface area contributed by atoms with Gasteiger partial charge in [0.25, 0.3) is 0 Å². The van der Waals surface area contributed by atoms with Crippen molar-refractivity contribution in [1.82, 2.24) is 9.97 Å². The molecular weight excluding hydrogens is 428 g/mol. The zero-order valence-electron chi connectivity index (χ0n) is 17.1. The largest absolute Gasteiger partial charge is 0.257 e. The molecule has 0 spiro atoms. The maximum atomic E-state index is 4.36. The molecule has 4 aromatic heterocycles. The van der Waals surface area contributed by atoms with Crippen LogP contribution in [0.4, 0.5) is 0 Å². The molecule has 0 aliphatic carbocycles. The number of aromatic nitrogens is 2. The van der Waals surface area contributed by atoms with E-state index in [1.165, 1.54) is 40.7 Å². The molecule has 152 valence electrons. The van der Waals surface area contributed by atoms with Crippen LogP contribution in [-0.2, 0) is 0 Å². The first-order valence-corrected chi connectivity index (χ1v) is 12.0. The van der Waals surface area contributed by atoms with Crippen LogP contribution in [-0.4, -0.2) is 9.97 Å². The quantitative estimate of drug-likeness (QED) is 0.272. The Labute approximate surface area is 193 Å². The molecular formula is C28H18N2S2. The molecule has 4 heteroatoms. The van der Waals surface area contributed by atoms with Crippen LogP contribution in [0.1, 0.15) is 22.5 Å². The van der Waals surface area contributed by atoms with E-state index in [1.807, 2.05) is 71.5 Å². The van der Waals surface area contributed by atoms with Crippen molar-refractivity contribution in [3.63, 3.8) is 0 Å². The van der Waals surface area contributed by atoms with Crippen LogP contribution in [0.25, 0.3) is 53.9 Å². The van der Waals surface area contributed by atoms with Crippen molar-refractivity contribution in [2.24, 2.45) is 0 Å². The summed E-state index contributed by atoms with van der Waals surface area (Å²) in [6.45, 7) is 0. The number of hydrogen-bond donors (Lipinski definition) is 0. The molecule has 0 amide bonds. The Morgan fingerprint density at radius 2 is 1.03 bits per heavy atom. The predicted octanol–water partition coefficient (Wildman–Crippen LogP) is 8.40. The summed E-state index contributed by atoms with van der Waals surface area (Å²) in [4.78, 5) is 8.73. The Balaban J connectivity index is 1.35. The van der Waals surface area contributed by atoms with Gasteiger partial charge in [0, 0.05) is 32.6 Å². The lowest BCUT2D eigenvalue weighted by atomic mass is 10.1. The fourth-order valence-electron chi connectivity index (χ4n) is 3.81. The monoisotopic (exact) mass is 446 g/mol. The fraction of sp³-hybridized carbons (Fsp3) is 0. The van der Waals surface area contributed by atoms with E-state index >= 15 is 0 Å². The molecule has 0 N–H and O–H groups in total. The van der Waals surface area contributed by atoms with Gasteiger partial charge < -0.3 is 0 Å². The van der Waals surface area contributed by atoms with Crippen LogP contribution in [0.15, 0.2) is 85.2 Å². The van der Waals surface area contributed by atoms with Gasteiger partial charge in [0.05, 0.1) is 20.8 Å². The summed E-state index contributed by atoms with van der Waals surface area (Å²) in [5, 5.41) is 2.68. The van der Waals surface area contributed by atoms with Gasteiger partial charge in [-0.25, -0.2) is 0 Å². The minimum atomic E-state index is 0.971. The van der Waals surface area contributed by atoms with E-state index in [2.05, 4.69) is 70.7 Å². The van der Waals surface area contributed by atoms with Gasteiger partial charge in [-0.1, -0.05) is 48.6 Å². The van der Waals surface area contributed by atoms with E-state index < -0.39 is 0 Å². The number of fused-ring (bicyclic) bond motifs is 5. The molecule has 0 aliphatic heterocycles. The molecule has 2 nitrogen and oxygen atoms in total. The highest BCUT2D eigenvalue weighted by Gasteiger charge is 2.12. The molecule has 32 heavy (non-hydrogen) atoms. The summed E-state index contributed by atoms with van der Waals surface area (Å²) >= 11 is 3.77. The lowest BCUT2D eigenvalue weighted by molar-refractivity contribution is 1.30. The molecule has 0 aliphatic rings. The lowest BCUT2D eigenvalue weighted by Gasteiger charge is -1.96. The molecule has 0 atom stereocenters. The van der Waals surface area contributed by atoms with Gasteiger partial charge in [0.1, 0.15) is 0 Å². The Hall–Kier alpha value is -3.60. The Kier molecular flexibility index (Phi) is 4.87. The first-order valence-electron chi connectivity index (χ1n) is 10.4. The smallest absolute Gasteiger partial charge is 0.0629 e. The third-order valence-corrected chi connectivity index (χ3v) is 7.90. The van der Waals surface area contributed by atoms with E-state index in [1.54, 1.807) is 0 Å². The molecule has 0 saturated carbocycles. The number of benzene rings is 2. The molecule has 0 saturated heterocycles. The topological polar surface area (TPSA) is 25.8 Å². The second-order valence-corrected chi connectivity index (χ2v) is 9.65. The maximum absolute atomic E-state index is 4.36. The van der Waals surface area contributed by atoms with Crippen LogP contribution < -0.4 is 0 Å². The second-order valence-electron chi connectivity index (χ2n) is 7.55. The third kappa shape index (κ3) is 3.64. The predicted molar refractivity (Wildman–Crippen MR) is 141 cm³/mol. The average molecular weight is 447 g/mol. The van der Waals surface area contributed by atoms with E-state index in [4.69, 9.17) is 0 Å². The number of rotatable bonds is 4. The summed E-state index contributed by atoms with van der Waals surface area (Å²) in [5.41, 5.74) is 4.34. The molecule has 4 heterocycles. The highest BCUT2D eigenvalue weighted by Crippen LogP contribution is 2.44. The van der Waals surface area contributed by atoms with Gasteiger partial charge >= 0.3 is 0 Å². The Morgan fingerprint density at radius 1 is 0.531 bits per heavy atom. The zero-order valence-corrected chi connectivity index (χ0v) is 18.7. The summed E-state index contributed by atoms with van der Waals surface area (Å²) < 4.78 is 5.42. The average Bonchev–Trinajstić information content (AvgIpc) is 3.38. The Morgan fingerprint density at radius 3 is 1.47 bits per heavy atom. The number of nitrogens with zero attached hydrogens (tertiary/aromatic N) is 2. The lowest BCUT2D eigenvalue weighted by Crippen LogP contribution is -1.77. The van der Waals surface area contributed by atoms with Crippen LogP contribution in [0.2, 0.25) is 0 Å². The van der Waals surface area contributed by atoms with E-state index in [-0.39, 0.29) is 0 Å². The van der Waals surface area contributed by atoms with Gasteiger partial charge in [0.15, 0.2) is 0 Å². The minimum Gasteiger partial charge on any atom is -0.257 e. The standard InChI is InChI=1S/C28H18N2S2/c1-3-15-29-21(5-1)11-7-19-9-13-23-25(17-19)31-28-24-14-10-20(18-26(24)32-27(23)28)8-12-22-6-2-4-16-30-22/h1-18H/b11-7+,12-8+. The molecule has 6 aromatic rings. The van der Waals surface area contributed by atoms with Crippen molar-refractivity contribution in [1.29, 1.82) is 0 Å².